The van der Waals surface area contributed by atoms with Crippen LogP contribution >= 0.6 is 0 Å². The summed E-state index contributed by atoms with van der Waals surface area (Å²) < 4.78 is 0. The third-order valence-electron chi connectivity index (χ3n) is 1.44. The molecule has 2 N–H and O–H groups in total. The van der Waals surface area contributed by atoms with Gasteiger partial charge in [0.25, 0.3) is 0 Å². The van der Waals surface area contributed by atoms with Crippen LogP contribution in [0.3, 0.4) is 0 Å². The molecular formula is C7H11N3. The quantitative estimate of drug-likeness (QED) is 0.647. The molecule has 10 heavy (non-hydrogen) atoms. The smallest absolute Gasteiger partial charge is 0.0627 e. The van der Waals surface area contributed by atoms with E-state index in [1.807, 2.05) is 6.92 Å². The predicted octanol–water partition coefficient (Wildman–Crippen LogP) is 0.539. The van der Waals surface area contributed by atoms with Crippen molar-refractivity contribution in [2.45, 2.75) is 12.8 Å². The van der Waals surface area contributed by atoms with Gasteiger partial charge < -0.3 is 5.73 Å². The zero-order valence-electron chi connectivity index (χ0n) is 5.99. The monoisotopic (exact) mass is 137 g/mol. The second-order valence-electron chi connectivity index (χ2n) is 2.27. The molecule has 0 aliphatic carbocycles. The maximum atomic E-state index is 5.44. The number of aromatic nitrogens is 2. The number of hydrogen-bond donors (Lipinski definition) is 1. The fraction of sp³-hybridized carbons (Fsp3) is 0.429. The first kappa shape index (κ1) is 7.15. The molecule has 0 aliphatic rings. The van der Waals surface area contributed by atoms with Gasteiger partial charge in [-0.3, -0.25) is 9.97 Å². The fourth-order valence-electron chi connectivity index (χ4n) is 0.686. The average molecular weight is 137 g/mol. The Kier molecular flexibility index (Phi) is 2.34. The van der Waals surface area contributed by atoms with Crippen molar-refractivity contribution in [3.8, 4) is 0 Å². The summed E-state index contributed by atoms with van der Waals surface area (Å²) in [6.07, 6.45) is 5.09. The third-order valence-corrected chi connectivity index (χ3v) is 1.44. The van der Waals surface area contributed by atoms with Crippen LogP contribution in [0.15, 0.2) is 18.6 Å². The highest BCUT2D eigenvalue weighted by atomic mass is 14.8. The van der Waals surface area contributed by atoms with Crippen molar-refractivity contribution in [3.63, 3.8) is 0 Å². The van der Waals surface area contributed by atoms with Crippen molar-refractivity contribution in [2.75, 3.05) is 6.54 Å². The number of nitrogens with two attached hydrogens (primary N) is 1. The Bertz CT molecular complexity index is 185. The Labute approximate surface area is 60.3 Å². The molecule has 0 aliphatic heterocycles. The van der Waals surface area contributed by atoms with Gasteiger partial charge in [0.2, 0.25) is 0 Å². The van der Waals surface area contributed by atoms with E-state index >= 15 is 0 Å². The Hall–Kier alpha value is -0.960. The van der Waals surface area contributed by atoms with Gasteiger partial charge in [0.05, 0.1) is 5.69 Å². The molecule has 0 saturated carbocycles. The van der Waals surface area contributed by atoms with Crippen LogP contribution in [0.1, 0.15) is 18.5 Å². The first-order chi connectivity index (χ1) is 4.84. The van der Waals surface area contributed by atoms with E-state index in [1.54, 1.807) is 18.6 Å². The van der Waals surface area contributed by atoms with E-state index in [2.05, 4.69) is 9.97 Å². The lowest BCUT2D eigenvalue weighted by Crippen LogP contribution is -2.10. The lowest BCUT2D eigenvalue weighted by atomic mass is 10.1. The van der Waals surface area contributed by atoms with Crippen molar-refractivity contribution >= 4 is 0 Å². The van der Waals surface area contributed by atoms with E-state index in [-0.39, 0.29) is 0 Å². The number of nitrogens with zero attached hydrogens (tertiary/aromatic N) is 2. The van der Waals surface area contributed by atoms with Gasteiger partial charge in [-0.05, 0) is 0 Å². The Morgan fingerprint density at radius 3 is 2.90 bits per heavy atom. The lowest BCUT2D eigenvalue weighted by molar-refractivity contribution is 0.739. The molecule has 0 spiro atoms. The van der Waals surface area contributed by atoms with Crippen LogP contribution in [0.2, 0.25) is 0 Å². The summed E-state index contributed by atoms with van der Waals surface area (Å²) in [4.78, 5) is 8.04. The lowest BCUT2D eigenvalue weighted by Gasteiger charge is -2.04. The normalized spacial score (nSPS) is 13.0. The zero-order chi connectivity index (χ0) is 7.40. The van der Waals surface area contributed by atoms with E-state index in [4.69, 9.17) is 5.73 Å². The van der Waals surface area contributed by atoms with Crippen LogP contribution in [-0.2, 0) is 0 Å². The second kappa shape index (κ2) is 3.27. The van der Waals surface area contributed by atoms with Gasteiger partial charge in [-0.1, -0.05) is 6.92 Å². The van der Waals surface area contributed by atoms with Gasteiger partial charge in [-0.2, -0.15) is 0 Å². The molecule has 1 aromatic rings. The van der Waals surface area contributed by atoms with Crippen LogP contribution in [0.4, 0.5) is 0 Å². The number of hydrogen-bond acceptors (Lipinski definition) is 3. The highest BCUT2D eigenvalue weighted by Gasteiger charge is 2.01. The van der Waals surface area contributed by atoms with Crippen LogP contribution in [0, 0.1) is 0 Å². The minimum absolute atomic E-state index is 0.314. The van der Waals surface area contributed by atoms with Crippen molar-refractivity contribution in [3.05, 3.63) is 24.3 Å². The summed E-state index contributed by atoms with van der Waals surface area (Å²) in [6.45, 7) is 2.66. The maximum Gasteiger partial charge on any atom is 0.0627 e. The molecule has 3 nitrogen and oxygen atoms in total. The minimum atomic E-state index is 0.314. The highest BCUT2D eigenvalue weighted by Crippen LogP contribution is 2.06. The molecule has 1 unspecified atom stereocenters. The summed E-state index contributed by atoms with van der Waals surface area (Å²) in [5.41, 5.74) is 6.40. The molecule has 0 bridgehead atoms. The minimum Gasteiger partial charge on any atom is -0.330 e. The van der Waals surface area contributed by atoms with Crippen LogP contribution in [0.25, 0.3) is 0 Å². The topological polar surface area (TPSA) is 51.8 Å². The molecule has 0 radical (unpaired) electrons. The molecule has 1 heterocycles. The summed E-state index contributed by atoms with van der Waals surface area (Å²) in [5, 5.41) is 0. The first-order valence-corrected chi connectivity index (χ1v) is 3.30. The zero-order valence-corrected chi connectivity index (χ0v) is 5.99. The van der Waals surface area contributed by atoms with Crippen molar-refractivity contribution in [1.82, 2.24) is 9.97 Å². The Morgan fingerprint density at radius 2 is 2.40 bits per heavy atom. The first-order valence-electron chi connectivity index (χ1n) is 3.30. The van der Waals surface area contributed by atoms with E-state index in [1.165, 1.54) is 0 Å². The van der Waals surface area contributed by atoms with E-state index in [0.29, 0.717) is 12.5 Å². The molecule has 0 saturated heterocycles. The van der Waals surface area contributed by atoms with Gasteiger partial charge in [0, 0.05) is 31.1 Å². The molecule has 54 valence electrons. The number of rotatable bonds is 2. The molecule has 0 aromatic carbocycles. The fourth-order valence-corrected chi connectivity index (χ4v) is 0.686. The van der Waals surface area contributed by atoms with E-state index in [9.17, 15) is 0 Å². The summed E-state index contributed by atoms with van der Waals surface area (Å²) in [5.74, 6) is 0.314. The van der Waals surface area contributed by atoms with Gasteiger partial charge in [-0.15, -0.1) is 0 Å². The molecule has 1 atom stereocenters. The van der Waals surface area contributed by atoms with Crippen molar-refractivity contribution in [1.29, 1.82) is 0 Å². The molecule has 3 heteroatoms. The molecule has 0 fully saturated rings. The van der Waals surface area contributed by atoms with Crippen LogP contribution in [-0.4, -0.2) is 16.5 Å². The summed E-state index contributed by atoms with van der Waals surface area (Å²) in [7, 11) is 0. The molecular weight excluding hydrogens is 126 g/mol. The molecule has 1 rings (SSSR count). The standard InChI is InChI=1S/C7H11N3/c1-6(4-8)7-5-9-2-3-10-7/h2-3,5-6H,4,8H2,1H3. The van der Waals surface area contributed by atoms with Crippen molar-refractivity contribution in [2.24, 2.45) is 5.73 Å². The van der Waals surface area contributed by atoms with E-state index in [0.717, 1.165) is 5.69 Å². The van der Waals surface area contributed by atoms with Gasteiger partial charge in [-0.25, -0.2) is 0 Å². The van der Waals surface area contributed by atoms with Crippen molar-refractivity contribution < 1.29 is 0 Å². The van der Waals surface area contributed by atoms with Gasteiger partial charge in [0.15, 0.2) is 0 Å². The highest BCUT2D eigenvalue weighted by molar-refractivity contribution is 5.01. The predicted molar refractivity (Wildman–Crippen MR) is 39.5 cm³/mol. The van der Waals surface area contributed by atoms with Crippen LogP contribution < -0.4 is 5.73 Å². The van der Waals surface area contributed by atoms with E-state index < -0.39 is 0 Å². The largest absolute Gasteiger partial charge is 0.330 e. The Morgan fingerprint density at radius 1 is 1.60 bits per heavy atom. The molecule has 0 amide bonds. The maximum absolute atomic E-state index is 5.44. The van der Waals surface area contributed by atoms with Gasteiger partial charge in [0.1, 0.15) is 0 Å². The second-order valence-corrected chi connectivity index (χ2v) is 2.27. The molecule has 1 aromatic heterocycles. The third kappa shape index (κ3) is 1.51. The summed E-state index contributed by atoms with van der Waals surface area (Å²) >= 11 is 0. The Balaban J connectivity index is 2.75. The van der Waals surface area contributed by atoms with Crippen LogP contribution in [0.5, 0.6) is 0 Å². The summed E-state index contributed by atoms with van der Waals surface area (Å²) in [6, 6.07) is 0. The van der Waals surface area contributed by atoms with Gasteiger partial charge >= 0.3 is 0 Å². The average Bonchev–Trinajstić information content (AvgIpc) is 2.05. The SMILES string of the molecule is CC(CN)c1cnccn1.